The summed E-state index contributed by atoms with van der Waals surface area (Å²) in [6.07, 6.45) is 0. The Bertz CT molecular complexity index is 685. The van der Waals surface area contributed by atoms with Gasteiger partial charge in [-0.2, -0.15) is 0 Å². The summed E-state index contributed by atoms with van der Waals surface area (Å²) in [6.45, 7) is 12.8. The van der Waals surface area contributed by atoms with E-state index in [4.69, 9.17) is 0 Å². The molecule has 2 aliphatic rings. The summed E-state index contributed by atoms with van der Waals surface area (Å²) in [4.78, 5) is 12.4. The molecule has 2 fully saturated rings. The first-order chi connectivity index (χ1) is 11.2. The average molecular weight is 310 g/mol. The van der Waals surface area contributed by atoms with Crippen molar-refractivity contribution in [3.8, 4) is 0 Å². The lowest BCUT2D eigenvalue weighted by atomic mass is 10.0. The second kappa shape index (κ2) is 6.10. The highest BCUT2D eigenvalue weighted by Gasteiger charge is 2.34. The van der Waals surface area contributed by atoms with Crippen molar-refractivity contribution in [2.45, 2.75) is 19.9 Å². The maximum absolute atomic E-state index is 4.66. The lowest BCUT2D eigenvalue weighted by Gasteiger charge is -2.49. The smallest absolute Gasteiger partial charge is 0.0726 e. The van der Waals surface area contributed by atoms with Gasteiger partial charge in [-0.05, 0) is 25.6 Å². The van der Waals surface area contributed by atoms with Crippen LogP contribution < -0.4 is 4.90 Å². The molecule has 1 aromatic carbocycles. The Morgan fingerprint density at radius 1 is 1.09 bits per heavy atom. The molecule has 122 valence electrons. The number of likely N-dealkylation sites (N-methyl/N-ethyl adjacent to an activating group) is 1. The Morgan fingerprint density at radius 2 is 1.83 bits per heavy atom. The molecule has 1 aromatic heterocycles. The van der Waals surface area contributed by atoms with Crippen LogP contribution in [0.25, 0.3) is 10.9 Å². The topological polar surface area (TPSA) is 22.6 Å². The van der Waals surface area contributed by atoms with Crippen molar-refractivity contribution in [2.24, 2.45) is 0 Å². The number of rotatable bonds is 3. The summed E-state index contributed by atoms with van der Waals surface area (Å²) in [7, 11) is 0. The van der Waals surface area contributed by atoms with Crippen molar-refractivity contribution in [3.63, 3.8) is 0 Å². The van der Waals surface area contributed by atoms with Crippen molar-refractivity contribution >= 4 is 16.6 Å². The van der Waals surface area contributed by atoms with Gasteiger partial charge in [0.05, 0.1) is 5.52 Å². The standard InChI is InChI=1S/C19H26N4/c1-3-21-8-10-22(11-9-21)16-13-23(14-16)19-12-15(2)20-18-7-5-4-6-17(18)19/h4-7,12,16H,3,8-11,13-14H2,1-2H3. The zero-order valence-corrected chi connectivity index (χ0v) is 14.2. The third kappa shape index (κ3) is 2.81. The molecule has 0 spiro atoms. The molecule has 3 heterocycles. The van der Waals surface area contributed by atoms with Crippen molar-refractivity contribution < 1.29 is 0 Å². The average Bonchev–Trinajstić information content (AvgIpc) is 2.54. The molecule has 0 radical (unpaired) electrons. The molecule has 0 saturated carbocycles. The summed E-state index contributed by atoms with van der Waals surface area (Å²) < 4.78 is 0. The largest absolute Gasteiger partial charge is 0.368 e. The SMILES string of the molecule is CCN1CCN(C2CN(c3cc(C)nc4ccccc34)C2)CC1. The van der Waals surface area contributed by atoms with Crippen molar-refractivity contribution in [3.05, 3.63) is 36.0 Å². The van der Waals surface area contributed by atoms with E-state index < -0.39 is 0 Å². The number of pyridine rings is 1. The lowest BCUT2D eigenvalue weighted by Crippen LogP contribution is -2.63. The first-order valence-corrected chi connectivity index (χ1v) is 8.82. The predicted octanol–water partition coefficient (Wildman–Crippen LogP) is 2.37. The zero-order valence-electron chi connectivity index (χ0n) is 14.2. The molecule has 4 nitrogen and oxygen atoms in total. The monoisotopic (exact) mass is 310 g/mol. The number of hydrogen-bond acceptors (Lipinski definition) is 4. The first kappa shape index (κ1) is 14.9. The molecule has 4 heteroatoms. The molecular weight excluding hydrogens is 284 g/mol. The van der Waals surface area contributed by atoms with E-state index >= 15 is 0 Å². The molecule has 0 atom stereocenters. The normalized spacial score (nSPS) is 20.9. The van der Waals surface area contributed by atoms with Gasteiger partial charge in [0.1, 0.15) is 0 Å². The number of aromatic nitrogens is 1. The van der Waals surface area contributed by atoms with E-state index in [2.05, 4.69) is 63.9 Å². The molecule has 0 amide bonds. The van der Waals surface area contributed by atoms with Gasteiger partial charge in [0, 0.05) is 62.1 Å². The summed E-state index contributed by atoms with van der Waals surface area (Å²) in [5.41, 5.74) is 3.58. The van der Waals surface area contributed by atoms with E-state index in [0.29, 0.717) is 0 Å². The number of nitrogens with zero attached hydrogens (tertiary/aromatic N) is 4. The predicted molar refractivity (Wildman–Crippen MR) is 96.2 cm³/mol. The molecule has 0 bridgehead atoms. The summed E-state index contributed by atoms with van der Waals surface area (Å²) in [6, 6.07) is 11.5. The molecule has 0 unspecified atom stereocenters. The molecule has 23 heavy (non-hydrogen) atoms. The number of anilines is 1. The van der Waals surface area contributed by atoms with Gasteiger partial charge in [-0.15, -0.1) is 0 Å². The number of para-hydroxylation sites is 1. The van der Waals surface area contributed by atoms with Crippen molar-refractivity contribution in [1.29, 1.82) is 0 Å². The summed E-state index contributed by atoms with van der Waals surface area (Å²) >= 11 is 0. The Balaban J connectivity index is 1.46. The molecule has 0 N–H and O–H groups in total. The highest BCUT2D eigenvalue weighted by molar-refractivity contribution is 5.92. The highest BCUT2D eigenvalue weighted by atomic mass is 15.3. The fraction of sp³-hybridized carbons (Fsp3) is 0.526. The van der Waals surface area contributed by atoms with Gasteiger partial charge in [0.25, 0.3) is 0 Å². The third-order valence-electron chi connectivity index (χ3n) is 5.40. The van der Waals surface area contributed by atoms with E-state index in [0.717, 1.165) is 30.3 Å². The van der Waals surface area contributed by atoms with Crippen LogP contribution in [0.1, 0.15) is 12.6 Å². The molecule has 4 rings (SSSR count). The van der Waals surface area contributed by atoms with E-state index in [-0.39, 0.29) is 0 Å². The van der Waals surface area contributed by atoms with Crippen LogP contribution in [0.3, 0.4) is 0 Å². The minimum Gasteiger partial charge on any atom is -0.368 e. The number of piperazine rings is 1. The van der Waals surface area contributed by atoms with Gasteiger partial charge in [-0.1, -0.05) is 25.1 Å². The zero-order chi connectivity index (χ0) is 15.8. The minimum absolute atomic E-state index is 0.723. The maximum Gasteiger partial charge on any atom is 0.0726 e. The van der Waals surface area contributed by atoms with E-state index in [1.807, 2.05) is 0 Å². The van der Waals surface area contributed by atoms with Crippen LogP contribution in [0.2, 0.25) is 0 Å². The Morgan fingerprint density at radius 3 is 2.57 bits per heavy atom. The van der Waals surface area contributed by atoms with Crippen LogP contribution >= 0.6 is 0 Å². The number of hydrogen-bond donors (Lipinski definition) is 0. The molecular formula is C19H26N4. The lowest BCUT2D eigenvalue weighted by molar-refractivity contribution is 0.0862. The van der Waals surface area contributed by atoms with Crippen LogP contribution in [0.5, 0.6) is 0 Å². The van der Waals surface area contributed by atoms with Gasteiger partial charge < -0.3 is 9.80 Å². The van der Waals surface area contributed by atoms with Gasteiger partial charge in [-0.3, -0.25) is 9.88 Å². The Labute approximate surface area is 138 Å². The second-order valence-electron chi connectivity index (χ2n) is 6.83. The van der Waals surface area contributed by atoms with Crippen LogP contribution in [-0.4, -0.2) is 66.6 Å². The van der Waals surface area contributed by atoms with Crippen molar-refractivity contribution in [1.82, 2.24) is 14.8 Å². The van der Waals surface area contributed by atoms with Gasteiger partial charge >= 0.3 is 0 Å². The number of benzene rings is 1. The third-order valence-corrected chi connectivity index (χ3v) is 5.40. The highest BCUT2D eigenvalue weighted by Crippen LogP contribution is 2.31. The summed E-state index contributed by atoms with van der Waals surface area (Å²) in [5, 5.41) is 1.28. The van der Waals surface area contributed by atoms with Crippen LogP contribution in [-0.2, 0) is 0 Å². The van der Waals surface area contributed by atoms with E-state index in [1.54, 1.807) is 0 Å². The Kier molecular flexibility index (Phi) is 3.95. The Hall–Kier alpha value is -1.65. The van der Waals surface area contributed by atoms with Gasteiger partial charge in [0.2, 0.25) is 0 Å². The molecule has 2 aliphatic heterocycles. The van der Waals surface area contributed by atoms with Gasteiger partial charge in [-0.25, -0.2) is 0 Å². The van der Waals surface area contributed by atoms with Gasteiger partial charge in [0.15, 0.2) is 0 Å². The first-order valence-electron chi connectivity index (χ1n) is 8.82. The fourth-order valence-corrected chi connectivity index (χ4v) is 3.87. The molecule has 2 saturated heterocycles. The van der Waals surface area contributed by atoms with E-state index in [9.17, 15) is 0 Å². The minimum atomic E-state index is 0.723. The molecule has 2 aromatic rings. The van der Waals surface area contributed by atoms with Crippen molar-refractivity contribution in [2.75, 3.05) is 50.7 Å². The van der Waals surface area contributed by atoms with Crippen LogP contribution in [0.15, 0.2) is 30.3 Å². The van der Waals surface area contributed by atoms with Crippen LogP contribution in [0, 0.1) is 6.92 Å². The number of fused-ring (bicyclic) bond motifs is 1. The van der Waals surface area contributed by atoms with E-state index in [1.165, 1.54) is 43.8 Å². The second-order valence-corrected chi connectivity index (χ2v) is 6.83. The quantitative estimate of drug-likeness (QED) is 0.868. The number of aryl methyl sites for hydroxylation is 1. The maximum atomic E-state index is 4.66. The molecule has 0 aliphatic carbocycles. The fourth-order valence-electron chi connectivity index (χ4n) is 3.87. The van der Waals surface area contributed by atoms with Crippen LogP contribution in [0.4, 0.5) is 5.69 Å². The summed E-state index contributed by atoms with van der Waals surface area (Å²) in [5.74, 6) is 0.